The zero-order valence-corrected chi connectivity index (χ0v) is 14.4. The molecule has 1 aromatic rings. The van der Waals surface area contributed by atoms with E-state index in [2.05, 4.69) is 22.5 Å². The summed E-state index contributed by atoms with van der Waals surface area (Å²) in [7, 11) is 0. The molecule has 1 aliphatic heterocycles. The summed E-state index contributed by atoms with van der Waals surface area (Å²) >= 11 is 11.5. The maximum Gasteiger partial charge on any atom is 0.170 e. The molecule has 1 heterocycles. The maximum absolute atomic E-state index is 6.13. The molecule has 0 saturated carbocycles. The Morgan fingerprint density at radius 3 is 2.71 bits per heavy atom. The van der Waals surface area contributed by atoms with E-state index in [-0.39, 0.29) is 0 Å². The van der Waals surface area contributed by atoms with Crippen molar-refractivity contribution in [3.63, 3.8) is 0 Å². The first-order valence-electron chi connectivity index (χ1n) is 7.64. The number of likely N-dealkylation sites (tertiary alicyclic amines) is 1. The normalized spacial score (nSPS) is 16.7. The number of benzene rings is 1. The minimum absolute atomic E-state index is 0.471. The number of hydrogen-bond acceptors (Lipinski definition) is 2. The van der Waals surface area contributed by atoms with E-state index in [0.717, 1.165) is 42.2 Å². The summed E-state index contributed by atoms with van der Waals surface area (Å²) in [4.78, 5) is 2.52. The van der Waals surface area contributed by atoms with Crippen LogP contribution in [0.15, 0.2) is 18.2 Å². The van der Waals surface area contributed by atoms with Gasteiger partial charge in [-0.1, -0.05) is 24.6 Å². The third kappa shape index (κ3) is 5.13. The summed E-state index contributed by atoms with van der Waals surface area (Å²) in [5, 5.41) is 8.07. The third-order valence-electron chi connectivity index (χ3n) is 3.89. The molecule has 2 rings (SSSR count). The monoisotopic (exact) mass is 325 g/mol. The highest BCUT2D eigenvalue weighted by molar-refractivity contribution is 7.80. The summed E-state index contributed by atoms with van der Waals surface area (Å²) in [6, 6.07) is 6.38. The molecule has 1 aromatic carbocycles. The molecule has 0 atom stereocenters. The highest BCUT2D eigenvalue weighted by atomic mass is 35.5. The lowest BCUT2D eigenvalue weighted by atomic mass is 10.1. The molecule has 1 saturated heterocycles. The Morgan fingerprint density at radius 1 is 1.38 bits per heavy atom. The van der Waals surface area contributed by atoms with Crippen molar-refractivity contribution >= 4 is 34.6 Å². The number of rotatable bonds is 4. The molecule has 21 heavy (non-hydrogen) atoms. The van der Waals surface area contributed by atoms with E-state index in [1.54, 1.807) is 0 Å². The molecule has 0 radical (unpaired) electrons. The first kappa shape index (κ1) is 16.5. The third-order valence-corrected chi connectivity index (χ3v) is 4.52. The quantitative estimate of drug-likeness (QED) is 0.823. The second-order valence-corrected chi connectivity index (χ2v) is 6.49. The minimum Gasteiger partial charge on any atom is -0.360 e. The van der Waals surface area contributed by atoms with E-state index in [0.29, 0.717) is 11.2 Å². The van der Waals surface area contributed by atoms with Gasteiger partial charge in [0.25, 0.3) is 0 Å². The standard InChI is InChI=1S/C16H24ClN3S/c1-3-8-20-9-6-13(7-10-20)18-16(21)19-14-5-4-12(2)15(17)11-14/h4-5,11,13H,3,6-10H2,1-2H3,(H2,18,19,21). The number of halogens is 1. The van der Waals surface area contributed by atoms with Crippen LogP contribution in [0.5, 0.6) is 0 Å². The summed E-state index contributed by atoms with van der Waals surface area (Å²) in [5.74, 6) is 0. The topological polar surface area (TPSA) is 27.3 Å². The zero-order chi connectivity index (χ0) is 15.2. The first-order valence-corrected chi connectivity index (χ1v) is 8.43. The number of nitrogens with zero attached hydrogens (tertiary/aromatic N) is 1. The Bertz CT molecular complexity index is 484. The van der Waals surface area contributed by atoms with Crippen LogP contribution in [0.25, 0.3) is 0 Å². The van der Waals surface area contributed by atoms with Gasteiger partial charge in [-0.25, -0.2) is 0 Å². The van der Waals surface area contributed by atoms with Gasteiger partial charge in [0.15, 0.2) is 5.11 Å². The lowest BCUT2D eigenvalue weighted by Gasteiger charge is -2.32. The van der Waals surface area contributed by atoms with E-state index in [1.807, 2.05) is 25.1 Å². The predicted molar refractivity (Wildman–Crippen MR) is 95.3 cm³/mol. The predicted octanol–water partition coefficient (Wildman–Crippen LogP) is 3.81. The molecule has 116 valence electrons. The number of thiocarbonyl (C=S) groups is 1. The van der Waals surface area contributed by atoms with Crippen LogP contribution in [0, 0.1) is 6.92 Å². The highest BCUT2D eigenvalue weighted by Crippen LogP contribution is 2.20. The van der Waals surface area contributed by atoms with Gasteiger partial charge in [-0.05, 0) is 62.6 Å². The fourth-order valence-corrected chi connectivity index (χ4v) is 3.11. The van der Waals surface area contributed by atoms with Crippen LogP contribution in [-0.4, -0.2) is 35.7 Å². The largest absolute Gasteiger partial charge is 0.360 e. The molecule has 5 heteroatoms. The number of piperidine rings is 1. The molecule has 0 bridgehead atoms. The van der Waals surface area contributed by atoms with Crippen molar-refractivity contribution in [2.75, 3.05) is 25.0 Å². The second kappa shape index (κ2) is 7.97. The Balaban J connectivity index is 1.78. The molecule has 0 aliphatic carbocycles. The Kier molecular flexibility index (Phi) is 6.27. The molecule has 1 fully saturated rings. The van der Waals surface area contributed by atoms with Crippen molar-refractivity contribution < 1.29 is 0 Å². The zero-order valence-electron chi connectivity index (χ0n) is 12.8. The van der Waals surface area contributed by atoms with Crippen molar-refractivity contribution in [3.05, 3.63) is 28.8 Å². The minimum atomic E-state index is 0.471. The number of nitrogens with one attached hydrogen (secondary N) is 2. The lowest BCUT2D eigenvalue weighted by molar-refractivity contribution is 0.207. The van der Waals surface area contributed by atoms with Crippen LogP contribution < -0.4 is 10.6 Å². The van der Waals surface area contributed by atoms with Crippen LogP contribution in [0.3, 0.4) is 0 Å². The summed E-state index contributed by atoms with van der Waals surface area (Å²) < 4.78 is 0. The Morgan fingerprint density at radius 2 is 2.10 bits per heavy atom. The highest BCUT2D eigenvalue weighted by Gasteiger charge is 2.18. The second-order valence-electron chi connectivity index (χ2n) is 5.68. The van der Waals surface area contributed by atoms with E-state index in [9.17, 15) is 0 Å². The lowest BCUT2D eigenvalue weighted by Crippen LogP contribution is -2.45. The fraction of sp³-hybridized carbons (Fsp3) is 0.562. The molecule has 0 aromatic heterocycles. The molecule has 3 nitrogen and oxygen atoms in total. The van der Waals surface area contributed by atoms with E-state index >= 15 is 0 Å². The number of hydrogen-bond donors (Lipinski definition) is 2. The molecule has 0 unspecified atom stereocenters. The van der Waals surface area contributed by atoms with Gasteiger partial charge in [-0.3, -0.25) is 0 Å². The van der Waals surface area contributed by atoms with Gasteiger partial charge in [0, 0.05) is 29.8 Å². The van der Waals surface area contributed by atoms with Crippen molar-refractivity contribution in [1.82, 2.24) is 10.2 Å². The van der Waals surface area contributed by atoms with Gasteiger partial charge in [0.2, 0.25) is 0 Å². The van der Waals surface area contributed by atoms with E-state index < -0.39 is 0 Å². The van der Waals surface area contributed by atoms with Crippen molar-refractivity contribution in [1.29, 1.82) is 0 Å². The van der Waals surface area contributed by atoms with Gasteiger partial charge in [0.05, 0.1) is 0 Å². The molecular formula is C16H24ClN3S. The average molecular weight is 326 g/mol. The number of aryl methyl sites for hydroxylation is 1. The number of anilines is 1. The summed E-state index contributed by atoms with van der Waals surface area (Å²) in [6.07, 6.45) is 3.53. The Hall–Kier alpha value is -0.840. The van der Waals surface area contributed by atoms with Crippen molar-refractivity contribution in [3.8, 4) is 0 Å². The van der Waals surface area contributed by atoms with Crippen LogP contribution >= 0.6 is 23.8 Å². The van der Waals surface area contributed by atoms with E-state index in [1.165, 1.54) is 13.0 Å². The SMILES string of the molecule is CCCN1CCC(NC(=S)Nc2ccc(C)c(Cl)c2)CC1. The maximum atomic E-state index is 6.13. The van der Waals surface area contributed by atoms with Crippen molar-refractivity contribution in [2.24, 2.45) is 0 Å². The molecule has 0 spiro atoms. The smallest absolute Gasteiger partial charge is 0.170 e. The summed E-state index contributed by atoms with van der Waals surface area (Å²) in [5.41, 5.74) is 2.01. The van der Waals surface area contributed by atoms with Crippen LogP contribution in [0.2, 0.25) is 5.02 Å². The Labute approximate surface area is 138 Å². The first-order chi connectivity index (χ1) is 10.1. The molecule has 2 N–H and O–H groups in total. The van der Waals surface area contributed by atoms with Crippen LogP contribution in [-0.2, 0) is 0 Å². The molecule has 0 amide bonds. The fourth-order valence-electron chi connectivity index (χ4n) is 2.64. The van der Waals surface area contributed by atoms with Gasteiger partial charge in [-0.15, -0.1) is 0 Å². The van der Waals surface area contributed by atoms with Gasteiger partial charge in [-0.2, -0.15) is 0 Å². The van der Waals surface area contributed by atoms with Crippen molar-refractivity contribution in [2.45, 2.75) is 39.2 Å². The average Bonchev–Trinajstić information content (AvgIpc) is 2.45. The van der Waals surface area contributed by atoms with Crippen LogP contribution in [0.1, 0.15) is 31.7 Å². The summed E-state index contributed by atoms with van der Waals surface area (Å²) in [6.45, 7) is 7.75. The van der Waals surface area contributed by atoms with Crippen LogP contribution in [0.4, 0.5) is 5.69 Å². The molecular weight excluding hydrogens is 302 g/mol. The van der Waals surface area contributed by atoms with Gasteiger partial charge in [0.1, 0.15) is 0 Å². The van der Waals surface area contributed by atoms with Gasteiger partial charge >= 0.3 is 0 Å². The molecule has 1 aliphatic rings. The van der Waals surface area contributed by atoms with E-state index in [4.69, 9.17) is 23.8 Å². The van der Waals surface area contributed by atoms with Gasteiger partial charge < -0.3 is 15.5 Å².